The highest BCUT2D eigenvalue weighted by atomic mass is 19.1. The van der Waals surface area contributed by atoms with Gasteiger partial charge in [0, 0.05) is 6.42 Å². The van der Waals surface area contributed by atoms with Gasteiger partial charge in [-0.25, -0.2) is 0 Å². The number of unbranched alkanes of at least 4 members (excludes halogenated alkanes) is 13. The van der Waals surface area contributed by atoms with Gasteiger partial charge in [0.05, 0.1) is 13.8 Å². The first-order chi connectivity index (χ1) is 10.3. The number of esters is 1. The first kappa shape index (κ1) is 20.4. The molecule has 0 aliphatic heterocycles. The summed E-state index contributed by atoms with van der Waals surface area (Å²) in [7, 11) is 1.45. The van der Waals surface area contributed by atoms with Gasteiger partial charge in [-0.1, -0.05) is 77.0 Å². The summed E-state index contributed by atoms with van der Waals surface area (Å²) in [4.78, 5) is 10.9. The molecule has 21 heavy (non-hydrogen) atoms. The molecular formula is C18H35FO2. The lowest BCUT2D eigenvalue weighted by Gasteiger charge is -2.03. The summed E-state index contributed by atoms with van der Waals surface area (Å²) in [6.07, 6.45) is 17.6. The van der Waals surface area contributed by atoms with E-state index in [9.17, 15) is 9.18 Å². The summed E-state index contributed by atoms with van der Waals surface area (Å²) < 4.78 is 16.5. The number of hydrogen-bond acceptors (Lipinski definition) is 2. The van der Waals surface area contributed by atoms with E-state index in [0.717, 1.165) is 25.7 Å². The second-order valence-electron chi connectivity index (χ2n) is 5.96. The Morgan fingerprint density at radius 1 is 0.667 bits per heavy atom. The number of ether oxygens (including phenoxy) is 1. The van der Waals surface area contributed by atoms with E-state index in [4.69, 9.17) is 0 Å². The van der Waals surface area contributed by atoms with Gasteiger partial charge in [-0.2, -0.15) is 0 Å². The molecule has 0 saturated heterocycles. The molecule has 0 aromatic carbocycles. The van der Waals surface area contributed by atoms with Gasteiger partial charge in [0.25, 0.3) is 0 Å². The molecule has 0 heterocycles. The van der Waals surface area contributed by atoms with Crippen LogP contribution >= 0.6 is 0 Å². The molecule has 0 saturated carbocycles. The van der Waals surface area contributed by atoms with Crippen LogP contribution in [0.3, 0.4) is 0 Å². The van der Waals surface area contributed by atoms with Gasteiger partial charge in [-0.3, -0.25) is 9.18 Å². The summed E-state index contributed by atoms with van der Waals surface area (Å²) >= 11 is 0. The largest absolute Gasteiger partial charge is 0.469 e. The number of rotatable bonds is 16. The normalized spacial score (nSPS) is 10.8. The van der Waals surface area contributed by atoms with Crippen LogP contribution in [0, 0.1) is 0 Å². The van der Waals surface area contributed by atoms with E-state index in [1.54, 1.807) is 0 Å². The molecule has 0 aromatic rings. The maximum Gasteiger partial charge on any atom is 0.305 e. The van der Waals surface area contributed by atoms with Crippen molar-refractivity contribution < 1.29 is 13.9 Å². The van der Waals surface area contributed by atoms with E-state index in [1.165, 1.54) is 71.3 Å². The number of hydrogen-bond donors (Lipinski definition) is 0. The molecule has 0 N–H and O–H groups in total. The van der Waals surface area contributed by atoms with Crippen LogP contribution in [0.15, 0.2) is 0 Å². The van der Waals surface area contributed by atoms with Crippen molar-refractivity contribution in [2.24, 2.45) is 0 Å². The molecule has 0 amide bonds. The van der Waals surface area contributed by atoms with Crippen LogP contribution in [-0.2, 0) is 9.53 Å². The van der Waals surface area contributed by atoms with Crippen LogP contribution in [0.25, 0.3) is 0 Å². The third-order valence-corrected chi connectivity index (χ3v) is 3.99. The average Bonchev–Trinajstić information content (AvgIpc) is 2.50. The standard InChI is InChI=1S/C18H35FO2/c1-21-18(20)16-14-12-10-8-6-4-2-3-5-7-9-11-13-15-17-19/h2-17H2,1H3. The molecule has 0 radical (unpaired) electrons. The van der Waals surface area contributed by atoms with Gasteiger partial charge >= 0.3 is 5.97 Å². The molecule has 0 fully saturated rings. The molecule has 0 aliphatic rings. The minimum atomic E-state index is -0.150. The molecule has 3 heteroatoms. The zero-order valence-electron chi connectivity index (χ0n) is 14.0. The second-order valence-corrected chi connectivity index (χ2v) is 5.96. The molecular weight excluding hydrogens is 267 g/mol. The van der Waals surface area contributed by atoms with E-state index < -0.39 is 0 Å². The maximum absolute atomic E-state index is 11.9. The molecule has 0 rings (SSSR count). The summed E-state index contributed by atoms with van der Waals surface area (Å²) in [5, 5.41) is 0. The van der Waals surface area contributed by atoms with Crippen molar-refractivity contribution in [3.05, 3.63) is 0 Å². The van der Waals surface area contributed by atoms with Gasteiger partial charge < -0.3 is 4.74 Å². The molecule has 0 atom stereocenters. The van der Waals surface area contributed by atoms with Gasteiger partial charge in [-0.15, -0.1) is 0 Å². The first-order valence-electron chi connectivity index (χ1n) is 8.94. The van der Waals surface area contributed by atoms with Crippen molar-refractivity contribution in [2.45, 2.75) is 96.3 Å². The fraction of sp³-hybridized carbons (Fsp3) is 0.944. The number of carbonyl (C=O) groups is 1. The zero-order valence-corrected chi connectivity index (χ0v) is 14.0. The van der Waals surface area contributed by atoms with Crippen molar-refractivity contribution >= 4 is 5.97 Å². The predicted molar refractivity (Wildman–Crippen MR) is 87.2 cm³/mol. The third-order valence-electron chi connectivity index (χ3n) is 3.99. The quantitative estimate of drug-likeness (QED) is 0.259. The van der Waals surface area contributed by atoms with Crippen molar-refractivity contribution in [1.29, 1.82) is 0 Å². The van der Waals surface area contributed by atoms with E-state index in [0.29, 0.717) is 6.42 Å². The Kier molecular flexibility index (Phi) is 17.0. The minimum Gasteiger partial charge on any atom is -0.469 e. The summed E-state index contributed by atoms with van der Waals surface area (Å²) in [6, 6.07) is 0. The van der Waals surface area contributed by atoms with Crippen molar-refractivity contribution in [2.75, 3.05) is 13.8 Å². The minimum absolute atomic E-state index is 0.0836. The van der Waals surface area contributed by atoms with Gasteiger partial charge in [0.1, 0.15) is 0 Å². The summed E-state index contributed by atoms with van der Waals surface area (Å²) in [6.45, 7) is -0.150. The smallest absolute Gasteiger partial charge is 0.305 e. The fourth-order valence-electron chi connectivity index (χ4n) is 2.59. The topological polar surface area (TPSA) is 26.3 Å². The average molecular weight is 302 g/mol. The van der Waals surface area contributed by atoms with Gasteiger partial charge in [-0.05, 0) is 12.8 Å². The lowest BCUT2D eigenvalue weighted by molar-refractivity contribution is -0.140. The van der Waals surface area contributed by atoms with Crippen LogP contribution in [0.5, 0.6) is 0 Å². The molecule has 0 unspecified atom stereocenters. The Hall–Kier alpha value is -0.600. The monoisotopic (exact) mass is 302 g/mol. The number of halogens is 1. The zero-order chi connectivity index (χ0) is 15.6. The molecule has 2 nitrogen and oxygen atoms in total. The van der Waals surface area contributed by atoms with Crippen LogP contribution in [0.4, 0.5) is 4.39 Å². The van der Waals surface area contributed by atoms with Gasteiger partial charge in [0.15, 0.2) is 0 Å². The third kappa shape index (κ3) is 17.3. The van der Waals surface area contributed by atoms with Gasteiger partial charge in [0.2, 0.25) is 0 Å². The van der Waals surface area contributed by atoms with Crippen molar-refractivity contribution in [3.63, 3.8) is 0 Å². The molecule has 126 valence electrons. The number of methoxy groups -OCH3 is 1. The highest BCUT2D eigenvalue weighted by Gasteiger charge is 1.99. The predicted octanol–water partition coefficient (Wildman–Crippen LogP) is 5.98. The lowest BCUT2D eigenvalue weighted by Crippen LogP contribution is -1.99. The van der Waals surface area contributed by atoms with Crippen molar-refractivity contribution in [3.8, 4) is 0 Å². The number of alkyl halides is 1. The molecule has 0 aromatic heterocycles. The van der Waals surface area contributed by atoms with Crippen LogP contribution in [0.2, 0.25) is 0 Å². The molecule has 0 aliphatic carbocycles. The van der Waals surface area contributed by atoms with E-state index in [2.05, 4.69) is 4.74 Å². The Balaban J connectivity index is 2.98. The van der Waals surface area contributed by atoms with E-state index >= 15 is 0 Å². The van der Waals surface area contributed by atoms with Crippen LogP contribution < -0.4 is 0 Å². The van der Waals surface area contributed by atoms with E-state index in [-0.39, 0.29) is 12.6 Å². The van der Waals surface area contributed by atoms with Crippen LogP contribution in [-0.4, -0.2) is 19.8 Å². The SMILES string of the molecule is COC(=O)CCCCCCCCCCCCCCCCF. The Morgan fingerprint density at radius 2 is 1.00 bits per heavy atom. The maximum atomic E-state index is 11.9. The highest BCUT2D eigenvalue weighted by molar-refractivity contribution is 5.68. The summed E-state index contributed by atoms with van der Waals surface area (Å²) in [5.74, 6) is -0.0836. The number of carbonyl (C=O) groups excluding carboxylic acids is 1. The molecule has 0 spiro atoms. The Labute approximate surface area is 130 Å². The second kappa shape index (κ2) is 17.5. The first-order valence-corrected chi connectivity index (χ1v) is 8.94. The Morgan fingerprint density at radius 3 is 1.33 bits per heavy atom. The Bertz CT molecular complexity index is 219. The highest BCUT2D eigenvalue weighted by Crippen LogP contribution is 2.13. The lowest BCUT2D eigenvalue weighted by atomic mass is 10.0. The summed E-state index contributed by atoms with van der Waals surface area (Å²) in [5.41, 5.74) is 0. The fourth-order valence-corrected chi connectivity index (χ4v) is 2.59. The van der Waals surface area contributed by atoms with E-state index in [1.807, 2.05) is 0 Å². The molecule has 0 bridgehead atoms. The van der Waals surface area contributed by atoms with Crippen molar-refractivity contribution in [1.82, 2.24) is 0 Å². The van der Waals surface area contributed by atoms with Crippen LogP contribution in [0.1, 0.15) is 96.3 Å².